The number of ether oxygens (including phenoxy) is 1. The Hall–Kier alpha value is -0.820. The molecule has 0 aromatic carbocycles. The van der Waals surface area contributed by atoms with Gasteiger partial charge in [-0.2, -0.15) is 13.8 Å². The summed E-state index contributed by atoms with van der Waals surface area (Å²) < 4.78 is 56.2. The van der Waals surface area contributed by atoms with Gasteiger partial charge in [0.25, 0.3) is 11.9 Å². The molecule has 1 aliphatic heterocycles. The predicted octanol–water partition coefficient (Wildman–Crippen LogP) is 2.13. The first-order chi connectivity index (χ1) is 7.09. The normalized spacial score (nSPS) is 16.5. The number of thioether (sulfide) groups is 1. The molecule has 0 atom stereocenters. The highest BCUT2D eigenvalue weighted by molar-refractivity contribution is 8.00. The fraction of sp³-hybridized carbons (Fsp3) is 0.375. The summed E-state index contributed by atoms with van der Waals surface area (Å²) in [6, 6.07) is 0. The summed E-state index contributed by atoms with van der Waals surface area (Å²) in [6.45, 7) is 0.629. The third kappa shape index (κ3) is 1.93. The zero-order valence-corrected chi connectivity index (χ0v) is 8.08. The molecule has 0 unspecified atom stereocenters. The summed E-state index contributed by atoms with van der Waals surface area (Å²) >= 11 is 0.717. The van der Waals surface area contributed by atoms with Crippen molar-refractivity contribution in [2.24, 2.45) is 0 Å². The fourth-order valence-electron chi connectivity index (χ4n) is 1.02. The largest absolute Gasteiger partial charge is 0.379 e. The Bertz CT molecular complexity index is 370. The molecular formula is C8H5F4NOS. The Labute approximate surface area is 86.6 Å². The highest BCUT2D eigenvalue weighted by Gasteiger charge is 2.27. The van der Waals surface area contributed by atoms with E-state index in [1.165, 1.54) is 0 Å². The van der Waals surface area contributed by atoms with E-state index in [9.17, 15) is 17.6 Å². The summed E-state index contributed by atoms with van der Waals surface area (Å²) in [5.41, 5.74) is 0. The van der Waals surface area contributed by atoms with Gasteiger partial charge in [0.15, 0.2) is 11.6 Å². The van der Waals surface area contributed by atoms with Gasteiger partial charge in [0, 0.05) is 0 Å². The van der Waals surface area contributed by atoms with Crippen molar-refractivity contribution in [3.05, 3.63) is 23.5 Å². The van der Waals surface area contributed by atoms with E-state index in [0.29, 0.717) is 25.0 Å². The Kier molecular flexibility index (Phi) is 2.83. The molecule has 0 N–H and O–H groups in total. The Morgan fingerprint density at radius 2 is 1.60 bits per heavy atom. The second kappa shape index (κ2) is 3.97. The van der Waals surface area contributed by atoms with Crippen LogP contribution in [0.25, 0.3) is 0 Å². The monoisotopic (exact) mass is 239 g/mol. The maximum absolute atomic E-state index is 13.1. The van der Waals surface area contributed by atoms with Gasteiger partial charge in [0.05, 0.1) is 23.4 Å². The zero-order chi connectivity index (χ0) is 11.0. The summed E-state index contributed by atoms with van der Waals surface area (Å²) in [5, 5.41) is -0.171. The highest BCUT2D eigenvalue weighted by Crippen LogP contribution is 2.33. The maximum Gasteiger partial charge on any atom is 0.252 e. The number of rotatable bonds is 2. The van der Waals surface area contributed by atoms with E-state index in [1.54, 1.807) is 0 Å². The number of halogens is 4. The lowest BCUT2D eigenvalue weighted by Gasteiger charge is -2.25. The predicted molar refractivity (Wildman–Crippen MR) is 44.5 cm³/mol. The number of hydrogen-bond donors (Lipinski definition) is 0. The Balaban J connectivity index is 2.34. The average Bonchev–Trinajstić information content (AvgIpc) is 2.12. The van der Waals surface area contributed by atoms with Crippen LogP contribution in [0.4, 0.5) is 17.6 Å². The van der Waals surface area contributed by atoms with Gasteiger partial charge in [-0.25, -0.2) is 8.78 Å². The molecule has 1 fully saturated rings. The summed E-state index contributed by atoms with van der Waals surface area (Å²) in [7, 11) is 0. The minimum absolute atomic E-state index is 0.171. The minimum Gasteiger partial charge on any atom is -0.379 e. The van der Waals surface area contributed by atoms with E-state index < -0.39 is 28.4 Å². The second-order valence-corrected chi connectivity index (χ2v) is 4.24. The van der Waals surface area contributed by atoms with E-state index in [1.807, 2.05) is 0 Å². The molecular weight excluding hydrogens is 234 g/mol. The first kappa shape index (κ1) is 10.7. The molecule has 0 aliphatic carbocycles. The molecule has 82 valence electrons. The van der Waals surface area contributed by atoms with Crippen molar-refractivity contribution in [2.45, 2.75) is 10.1 Å². The lowest BCUT2D eigenvalue weighted by Crippen LogP contribution is -2.30. The van der Waals surface area contributed by atoms with Crippen LogP contribution in [0.1, 0.15) is 0 Å². The van der Waals surface area contributed by atoms with Crippen LogP contribution in [0, 0.1) is 23.5 Å². The SMILES string of the molecule is Fc1nc(F)c(F)c(SC2COC2)c1F. The fourth-order valence-corrected chi connectivity index (χ4v) is 2.06. The van der Waals surface area contributed by atoms with Crippen molar-refractivity contribution in [1.82, 2.24) is 4.98 Å². The molecule has 15 heavy (non-hydrogen) atoms. The average molecular weight is 239 g/mol. The van der Waals surface area contributed by atoms with Crippen molar-refractivity contribution in [3.8, 4) is 0 Å². The topological polar surface area (TPSA) is 22.1 Å². The number of pyridine rings is 1. The van der Waals surface area contributed by atoms with Crippen LogP contribution in [0.3, 0.4) is 0 Å². The first-order valence-corrected chi connectivity index (χ1v) is 4.92. The molecule has 1 aromatic rings. The van der Waals surface area contributed by atoms with Crippen molar-refractivity contribution >= 4 is 11.8 Å². The van der Waals surface area contributed by atoms with Crippen molar-refractivity contribution in [1.29, 1.82) is 0 Å². The molecule has 0 spiro atoms. The standard InChI is InChI=1S/C8H5F4NOS/c9-4-6(15-3-1-14-2-3)5(10)8(12)13-7(4)11/h3H,1-2H2. The van der Waals surface area contributed by atoms with Gasteiger partial charge in [-0.1, -0.05) is 0 Å². The van der Waals surface area contributed by atoms with Gasteiger partial charge in [-0.05, 0) is 0 Å². The lowest BCUT2D eigenvalue weighted by atomic mass is 10.4. The second-order valence-electron chi connectivity index (χ2n) is 2.93. The maximum atomic E-state index is 13.1. The van der Waals surface area contributed by atoms with E-state index in [4.69, 9.17) is 4.74 Å². The van der Waals surface area contributed by atoms with Crippen molar-refractivity contribution in [2.75, 3.05) is 13.2 Å². The molecule has 2 heterocycles. The van der Waals surface area contributed by atoms with Gasteiger partial charge in [0.1, 0.15) is 0 Å². The quantitative estimate of drug-likeness (QED) is 0.583. The number of nitrogens with zero attached hydrogens (tertiary/aromatic N) is 1. The van der Waals surface area contributed by atoms with Gasteiger partial charge in [0.2, 0.25) is 0 Å². The van der Waals surface area contributed by atoms with Crippen LogP contribution in [0.5, 0.6) is 0 Å². The van der Waals surface area contributed by atoms with Crippen LogP contribution >= 0.6 is 11.8 Å². The molecule has 1 saturated heterocycles. The van der Waals surface area contributed by atoms with Crippen LogP contribution in [0.15, 0.2) is 4.90 Å². The van der Waals surface area contributed by atoms with Gasteiger partial charge < -0.3 is 4.74 Å². The van der Waals surface area contributed by atoms with Crippen LogP contribution in [0.2, 0.25) is 0 Å². The van der Waals surface area contributed by atoms with Crippen LogP contribution in [-0.2, 0) is 4.74 Å². The van der Waals surface area contributed by atoms with E-state index in [2.05, 4.69) is 4.98 Å². The molecule has 2 nitrogen and oxygen atoms in total. The molecule has 0 bridgehead atoms. The Morgan fingerprint density at radius 1 is 1.07 bits per heavy atom. The number of aromatic nitrogens is 1. The molecule has 0 radical (unpaired) electrons. The van der Waals surface area contributed by atoms with Crippen molar-refractivity contribution in [3.63, 3.8) is 0 Å². The lowest BCUT2D eigenvalue weighted by molar-refractivity contribution is 0.0454. The summed E-state index contributed by atoms with van der Waals surface area (Å²) in [4.78, 5) is 1.78. The first-order valence-electron chi connectivity index (χ1n) is 4.04. The van der Waals surface area contributed by atoms with Crippen molar-refractivity contribution < 1.29 is 22.3 Å². The van der Waals surface area contributed by atoms with E-state index in [-0.39, 0.29) is 5.25 Å². The minimum atomic E-state index is -1.63. The third-order valence-corrected chi connectivity index (χ3v) is 3.05. The van der Waals surface area contributed by atoms with Crippen LogP contribution in [-0.4, -0.2) is 23.4 Å². The molecule has 0 amide bonds. The number of hydrogen-bond acceptors (Lipinski definition) is 3. The smallest absolute Gasteiger partial charge is 0.252 e. The Morgan fingerprint density at radius 3 is 2.00 bits per heavy atom. The summed E-state index contributed by atoms with van der Waals surface area (Å²) in [6.07, 6.45) is 0. The van der Waals surface area contributed by atoms with E-state index in [0.717, 1.165) is 0 Å². The van der Waals surface area contributed by atoms with Gasteiger partial charge in [-0.15, -0.1) is 11.8 Å². The third-order valence-electron chi connectivity index (χ3n) is 1.85. The molecule has 2 rings (SSSR count). The van der Waals surface area contributed by atoms with Gasteiger partial charge in [-0.3, -0.25) is 0 Å². The highest BCUT2D eigenvalue weighted by atomic mass is 32.2. The van der Waals surface area contributed by atoms with E-state index >= 15 is 0 Å². The molecule has 7 heteroatoms. The zero-order valence-electron chi connectivity index (χ0n) is 7.27. The summed E-state index contributed by atoms with van der Waals surface area (Å²) in [5.74, 6) is -6.16. The van der Waals surface area contributed by atoms with Crippen LogP contribution < -0.4 is 0 Å². The molecule has 0 saturated carbocycles. The molecule has 1 aliphatic rings. The molecule has 1 aromatic heterocycles. The van der Waals surface area contributed by atoms with Gasteiger partial charge >= 0.3 is 0 Å².